The van der Waals surface area contributed by atoms with Crippen LogP contribution in [-0.4, -0.2) is 33.4 Å². The third-order valence-electron chi connectivity index (χ3n) is 3.95. The number of hydrogen-bond donors (Lipinski definition) is 1. The zero-order chi connectivity index (χ0) is 21.4. The monoisotopic (exact) mass is 438 g/mol. The van der Waals surface area contributed by atoms with Crippen LogP contribution in [0, 0.1) is 0 Å². The summed E-state index contributed by atoms with van der Waals surface area (Å²) >= 11 is 6.10. The van der Waals surface area contributed by atoms with Crippen molar-refractivity contribution in [2.75, 3.05) is 22.8 Å². The predicted molar refractivity (Wildman–Crippen MR) is 113 cm³/mol. The fourth-order valence-corrected chi connectivity index (χ4v) is 4.25. The minimum atomic E-state index is -3.87. The third kappa shape index (κ3) is 5.95. The van der Waals surface area contributed by atoms with Gasteiger partial charge in [-0.25, -0.2) is 8.42 Å². The van der Waals surface area contributed by atoms with Gasteiger partial charge in [0.2, 0.25) is 0 Å². The summed E-state index contributed by atoms with van der Waals surface area (Å²) in [5.74, 6) is -1.09. The first-order valence-corrected chi connectivity index (χ1v) is 10.9. The Labute approximate surface area is 175 Å². The number of nitrogens with one attached hydrogen (secondary N) is 1. The Hall–Kier alpha value is -2.58. The molecule has 0 aliphatic heterocycles. The molecule has 1 N–H and O–H groups in total. The van der Waals surface area contributed by atoms with Gasteiger partial charge in [-0.2, -0.15) is 0 Å². The molecule has 0 saturated carbocycles. The van der Waals surface area contributed by atoms with Crippen LogP contribution in [0.2, 0.25) is 5.02 Å². The van der Waals surface area contributed by atoms with Gasteiger partial charge in [0.05, 0.1) is 21.3 Å². The van der Waals surface area contributed by atoms with E-state index in [4.69, 9.17) is 16.3 Å². The number of ether oxygens (including phenoxy) is 1. The van der Waals surface area contributed by atoms with Crippen molar-refractivity contribution in [2.24, 2.45) is 0 Å². The summed E-state index contributed by atoms with van der Waals surface area (Å²) in [7, 11) is -3.87. The van der Waals surface area contributed by atoms with E-state index in [0.717, 1.165) is 0 Å². The SMILES string of the molecule is CCCC(=O)OCC(=O)Nc1cc(S(=O)(=O)N(CC)c2ccccc2)ccc1Cl. The van der Waals surface area contributed by atoms with Gasteiger partial charge in [0.25, 0.3) is 15.9 Å². The lowest BCUT2D eigenvalue weighted by atomic mass is 10.3. The van der Waals surface area contributed by atoms with Crippen LogP contribution in [0.15, 0.2) is 53.4 Å². The fraction of sp³-hybridized carbons (Fsp3) is 0.300. The largest absolute Gasteiger partial charge is 0.456 e. The molecular formula is C20H23ClN2O5S. The molecule has 29 heavy (non-hydrogen) atoms. The number of carbonyl (C=O) groups excluding carboxylic acids is 2. The van der Waals surface area contributed by atoms with Crippen molar-refractivity contribution in [3.05, 3.63) is 53.6 Å². The summed E-state index contributed by atoms with van der Waals surface area (Å²) in [6.07, 6.45) is 0.829. The Morgan fingerprint density at radius 2 is 1.79 bits per heavy atom. The van der Waals surface area contributed by atoms with Gasteiger partial charge in [-0.1, -0.05) is 36.7 Å². The number of esters is 1. The molecule has 156 valence electrons. The number of rotatable bonds is 9. The van der Waals surface area contributed by atoms with E-state index in [1.54, 1.807) is 37.3 Å². The molecule has 7 nitrogen and oxygen atoms in total. The predicted octanol–water partition coefficient (Wildman–Crippen LogP) is 3.84. The molecule has 0 heterocycles. The first kappa shape index (κ1) is 22.7. The molecule has 2 aromatic carbocycles. The molecule has 2 aromatic rings. The first-order valence-electron chi connectivity index (χ1n) is 9.12. The lowest BCUT2D eigenvalue weighted by Gasteiger charge is -2.23. The smallest absolute Gasteiger partial charge is 0.306 e. The van der Waals surface area contributed by atoms with Gasteiger partial charge < -0.3 is 10.1 Å². The highest BCUT2D eigenvalue weighted by Gasteiger charge is 2.24. The zero-order valence-corrected chi connectivity index (χ0v) is 17.8. The van der Waals surface area contributed by atoms with Gasteiger partial charge in [0.15, 0.2) is 6.61 Å². The Morgan fingerprint density at radius 1 is 1.10 bits per heavy atom. The van der Waals surface area contributed by atoms with E-state index >= 15 is 0 Å². The number of benzene rings is 2. The number of para-hydroxylation sites is 1. The van der Waals surface area contributed by atoms with Gasteiger partial charge in [0, 0.05) is 13.0 Å². The molecule has 0 aliphatic rings. The van der Waals surface area contributed by atoms with Crippen molar-refractivity contribution in [3.8, 4) is 0 Å². The van der Waals surface area contributed by atoms with Crippen LogP contribution in [0.1, 0.15) is 26.7 Å². The number of sulfonamides is 1. The first-order chi connectivity index (χ1) is 13.8. The molecule has 9 heteroatoms. The molecule has 0 fully saturated rings. The maximum atomic E-state index is 13.1. The van der Waals surface area contributed by atoms with E-state index in [1.165, 1.54) is 22.5 Å². The van der Waals surface area contributed by atoms with Crippen LogP contribution in [0.4, 0.5) is 11.4 Å². The van der Waals surface area contributed by atoms with Crippen molar-refractivity contribution < 1.29 is 22.7 Å². The quantitative estimate of drug-likeness (QED) is 0.600. The van der Waals surface area contributed by atoms with Crippen molar-refractivity contribution in [1.29, 1.82) is 0 Å². The van der Waals surface area contributed by atoms with Crippen molar-refractivity contribution in [3.63, 3.8) is 0 Å². The Morgan fingerprint density at radius 3 is 2.41 bits per heavy atom. The van der Waals surface area contributed by atoms with Crippen LogP contribution in [0.25, 0.3) is 0 Å². The highest BCUT2D eigenvalue weighted by Crippen LogP contribution is 2.29. The molecule has 0 atom stereocenters. The number of halogens is 1. The van der Waals surface area contributed by atoms with Crippen LogP contribution < -0.4 is 9.62 Å². The minimum Gasteiger partial charge on any atom is -0.456 e. The summed E-state index contributed by atoms with van der Waals surface area (Å²) in [5.41, 5.74) is 0.645. The second-order valence-corrected chi connectivity index (χ2v) is 8.38. The number of anilines is 2. The number of nitrogens with zero attached hydrogens (tertiary/aromatic N) is 1. The summed E-state index contributed by atoms with van der Waals surface area (Å²) in [5, 5.41) is 2.65. The lowest BCUT2D eigenvalue weighted by Crippen LogP contribution is -2.30. The van der Waals surface area contributed by atoms with Gasteiger partial charge in [-0.15, -0.1) is 0 Å². The topological polar surface area (TPSA) is 92.8 Å². The zero-order valence-electron chi connectivity index (χ0n) is 16.2. The van der Waals surface area contributed by atoms with Crippen molar-refractivity contribution in [1.82, 2.24) is 0 Å². The molecule has 0 aliphatic carbocycles. The van der Waals surface area contributed by atoms with E-state index in [2.05, 4.69) is 5.32 Å². The lowest BCUT2D eigenvalue weighted by molar-refractivity contribution is -0.147. The second-order valence-electron chi connectivity index (χ2n) is 6.11. The number of amides is 1. The average molecular weight is 439 g/mol. The normalized spacial score (nSPS) is 11.0. The van der Waals surface area contributed by atoms with Crippen LogP contribution in [0.3, 0.4) is 0 Å². The molecule has 0 bridgehead atoms. The van der Waals surface area contributed by atoms with Gasteiger partial charge in [-0.05, 0) is 43.7 Å². The fourth-order valence-electron chi connectivity index (χ4n) is 2.58. The maximum absolute atomic E-state index is 13.1. The Bertz CT molecular complexity index is 964. The highest BCUT2D eigenvalue weighted by atomic mass is 35.5. The maximum Gasteiger partial charge on any atom is 0.306 e. The summed E-state index contributed by atoms with van der Waals surface area (Å²) in [4.78, 5) is 23.4. The molecule has 0 aromatic heterocycles. The van der Waals surface area contributed by atoms with Crippen LogP contribution in [-0.2, 0) is 24.3 Å². The van der Waals surface area contributed by atoms with Crippen LogP contribution in [0.5, 0.6) is 0 Å². The Balaban J connectivity index is 2.23. The van der Waals surface area contributed by atoms with E-state index < -0.39 is 28.5 Å². The molecule has 0 unspecified atom stereocenters. The van der Waals surface area contributed by atoms with Gasteiger partial charge in [0.1, 0.15) is 0 Å². The molecule has 0 radical (unpaired) electrons. The molecular weight excluding hydrogens is 416 g/mol. The van der Waals surface area contributed by atoms with E-state index in [-0.39, 0.29) is 28.6 Å². The van der Waals surface area contributed by atoms with E-state index in [0.29, 0.717) is 12.1 Å². The number of carbonyl (C=O) groups is 2. The third-order valence-corrected chi connectivity index (χ3v) is 6.18. The highest BCUT2D eigenvalue weighted by molar-refractivity contribution is 7.92. The summed E-state index contributed by atoms with van der Waals surface area (Å²) in [6.45, 7) is 3.30. The Kier molecular flexibility index (Phi) is 8.04. The standard InChI is InChI=1S/C20H23ClN2O5S/c1-3-8-20(25)28-14-19(24)22-18-13-16(11-12-17(18)21)29(26,27)23(4-2)15-9-6-5-7-10-15/h5-7,9-13H,3-4,8,14H2,1-2H3,(H,22,24). The molecule has 1 amide bonds. The summed E-state index contributed by atoms with van der Waals surface area (Å²) < 4.78 is 32.3. The van der Waals surface area contributed by atoms with Crippen molar-refractivity contribution >= 4 is 44.9 Å². The van der Waals surface area contributed by atoms with Gasteiger partial charge in [-0.3, -0.25) is 13.9 Å². The number of hydrogen-bond acceptors (Lipinski definition) is 5. The molecule has 0 spiro atoms. The average Bonchev–Trinajstić information content (AvgIpc) is 2.69. The minimum absolute atomic E-state index is 0.0223. The second kappa shape index (κ2) is 10.3. The van der Waals surface area contributed by atoms with Crippen LogP contribution >= 0.6 is 11.6 Å². The molecule has 0 saturated heterocycles. The summed E-state index contributed by atoms with van der Waals surface area (Å²) in [6, 6.07) is 12.8. The van der Waals surface area contributed by atoms with E-state index in [1.807, 2.05) is 6.92 Å². The van der Waals surface area contributed by atoms with Gasteiger partial charge >= 0.3 is 5.97 Å². The van der Waals surface area contributed by atoms with Crippen molar-refractivity contribution in [2.45, 2.75) is 31.6 Å². The van der Waals surface area contributed by atoms with E-state index in [9.17, 15) is 18.0 Å². The molecule has 2 rings (SSSR count).